The van der Waals surface area contributed by atoms with E-state index in [1.807, 2.05) is 0 Å². The molecular formula is C17H19N3O5. The molecule has 0 aromatic heterocycles. The Balaban J connectivity index is 1.87. The zero-order valence-corrected chi connectivity index (χ0v) is 13.9. The fourth-order valence-corrected chi connectivity index (χ4v) is 3.22. The third kappa shape index (κ3) is 3.19. The van der Waals surface area contributed by atoms with Crippen molar-refractivity contribution in [2.24, 2.45) is 0 Å². The number of methoxy groups -OCH3 is 1. The van der Waals surface area contributed by atoms with Crippen LogP contribution in [0.4, 0.5) is 5.69 Å². The molecule has 1 aromatic rings. The van der Waals surface area contributed by atoms with Crippen molar-refractivity contribution < 1.29 is 23.9 Å². The number of esters is 1. The van der Waals surface area contributed by atoms with Gasteiger partial charge in [0.15, 0.2) is 0 Å². The first-order chi connectivity index (χ1) is 12.0. The molecule has 2 aliphatic heterocycles. The summed E-state index contributed by atoms with van der Waals surface area (Å²) in [7, 11) is 1.23. The molecule has 0 radical (unpaired) electrons. The van der Waals surface area contributed by atoms with Crippen LogP contribution in [-0.2, 0) is 19.1 Å². The third-order valence-electron chi connectivity index (χ3n) is 4.45. The van der Waals surface area contributed by atoms with E-state index in [1.54, 1.807) is 29.2 Å². The van der Waals surface area contributed by atoms with Crippen molar-refractivity contribution in [1.29, 1.82) is 0 Å². The highest BCUT2D eigenvalue weighted by Crippen LogP contribution is 2.32. The quantitative estimate of drug-likeness (QED) is 0.771. The van der Waals surface area contributed by atoms with E-state index < -0.39 is 17.9 Å². The van der Waals surface area contributed by atoms with Gasteiger partial charge in [0.2, 0.25) is 11.8 Å². The van der Waals surface area contributed by atoms with Crippen molar-refractivity contribution in [3.05, 3.63) is 29.8 Å². The Morgan fingerprint density at radius 3 is 2.80 bits per heavy atom. The fourth-order valence-electron chi connectivity index (χ4n) is 3.22. The normalized spacial score (nSPS) is 19.2. The minimum atomic E-state index is -0.576. The average Bonchev–Trinajstić information content (AvgIpc) is 3.10. The number of carbonyl (C=O) groups is 4. The maximum absolute atomic E-state index is 12.9. The predicted octanol–water partition coefficient (Wildman–Crippen LogP) is -0.0730. The zero-order valence-electron chi connectivity index (χ0n) is 13.9. The molecule has 1 fully saturated rings. The number of para-hydroxylation sites is 1. The van der Waals surface area contributed by atoms with Crippen molar-refractivity contribution in [3.8, 4) is 0 Å². The van der Waals surface area contributed by atoms with Crippen LogP contribution in [0.2, 0.25) is 0 Å². The second-order valence-electron chi connectivity index (χ2n) is 5.95. The van der Waals surface area contributed by atoms with Crippen LogP contribution in [0.25, 0.3) is 0 Å². The van der Waals surface area contributed by atoms with Crippen molar-refractivity contribution in [2.45, 2.75) is 18.9 Å². The van der Waals surface area contributed by atoms with E-state index in [1.165, 1.54) is 12.0 Å². The maximum atomic E-state index is 12.9. The second-order valence-corrected chi connectivity index (χ2v) is 5.95. The number of anilines is 1. The third-order valence-corrected chi connectivity index (χ3v) is 4.45. The summed E-state index contributed by atoms with van der Waals surface area (Å²) < 4.78 is 4.47. The summed E-state index contributed by atoms with van der Waals surface area (Å²) in [5.74, 6) is -1.53. The number of carbonyl (C=O) groups excluding carboxylic acids is 4. The van der Waals surface area contributed by atoms with Crippen LogP contribution >= 0.6 is 0 Å². The standard InChI is InChI=1S/C17H19N3O5/c1-25-15(22)9-18-14(21)10-20-12-6-3-2-5-11(12)16(23)19-8-4-7-13(19)17(20)24/h2-3,5-6,13H,4,7-10H2,1H3,(H,18,21). The van der Waals surface area contributed by atoms with E-state index in [4.69, 9.17) is 0 Å². The molecule has 1 unspecified atom stereocenters. The van der Waals surface area contributed by atoms with E-state index >= 15 is 0 Å². The topological polar surface area (TPSA) is 96.0 Å². The molecule has 2 aliphatic rings. The van der Waals surface area contributed by atoms with Gasteiger partial charge in [-0.05, 0) is 25.0 Å². The Morgan fingerprint density at radius 1 is 1.28 bits per heavy atom. The molecule has 1 saturated heterocycles. The van der Waals surface area contributed by atoms with Gasteiger partial charge < -0.3 is 19.9 Å². The smallest absolute Gasteiger partial charge is 0.325 e. The van der Waals surface area contributed by atoms with Crippen LogP contribution in [0.5, 0.6) is 0 Å². The number of benzene rings is 1. The first-order valence-corrected chi connectivity index (χ1v) is 8.08. The molecule has 0 spiro atoms. The Labute approximate surface area is 144 Å². The first kappa shape index (κ1) is 16.9. The van der Waals surface area contributed by atoms with Crippen LogP contribution in [-0.4, -0.2) is 61.4 Å². The molecule has 3 amide bonds. The van der Waals surface area contributed by atoms with E-state index in [-0.39, 0.29) is 24.9 Å². The zero-order chi connectivity index (χ0) is 18.0. The van der Waals surface area contributed by atoms with Crippen LogP contribution in [0.1, 0.15) is 23.2 Å². The number of ether oxygens (including phenoxy) is 1. The SMILES string of the molecule is COC(=O)CNC(=O)CN1C(=O)C2CCCN2C(=O)c2ccccc21. The summed E-state index contributed by atoms with van der Waals surface area (Å²) in [4.78, 5) is 51.9. The highest BCUT2D eigenvalue weighted by atomic mass is 16.5. The molecule has 3 rings (SSSR count). The lowest BCUT2D eigenvalue weighted by Crippen LogP contribution is -2.48. The van der Waals surface area contributed by atoms with E-state index in [2.05, 4.69) is 10.1 Å². The Kier molecular flexibility index (Phi) is 4.69. The fraction of sp³-hybridized carbons (Fsp3) is 0.412. The number of amides is 3. The van der Waals surface area contributed by atoms with Crippen molar-refractivity contribution in [2.75, 3.05) is 31.6 Å². The van der Waals surface area contributed by atoms with Crippen molar-refractivity contribution >= 4 is 29.4 Å². The molecule has 2 heterocycles. The lowest BCUT2D eigenvalue weighted by molar-refractivity contribution is -0.141. The minimum absolute atomic E-state index is 0.191. The van der Waals surface area contributed by atoms with Gasteiger partial charge in [-0.1, -0.05) is 12.1 Å². The monoisotopic (exact) mass is 345 g/mol. The predicted molar refractivity (Wildman–Crippen MR) is 87.9 cm³/mol. The summed E-state index contributed by atoms with van der Waals surface area (Å²) in [5, 5.41) is 2.42. The van der Waals surface area contributed by atoms with Gasteiger partial charge in [0.1, 0.15) is 19.1 Å². The number of nitrogens with zero attached hydrogens (tertiary/aromatic N) is 2. The van der Waals surface area contributed by atoms with Crippen LogP contribution in [0.15, 0.2) is 24.3 Å². The highest BCUT2D eigenvalue weighted by molar-refractivity contribution is 6.12. The number of hydrogen-bond donors (Lipinski definition) is 1. The van der Waals surface area contributed by atoms with E-state index in [9.17, 15) is 19.2 Å². The highest BCUT2D eigenvalue weighted by Gasteiger charge is 2.42. The Hall–Kier alpha value is -2.90. The molecular weight excluding hydrogens is 326 g/mol. The van der Waals surface area contributed by atoms with Gasteiger partial charge in [-0.25, -0.2) is 0 Å². The maximum Gasteiger partial charge on any atom is 0.325 e. The Bertz CT molecular complexity index is 733. The molecule has 1 N–H and O–H groups in total. The van der Waals surface area contributed by atoms with Crippen molar-refractivity contribution in [1.82, 2.24) is 10.2 Å². The van der Waals surface area contributed by atoms with Gasteiger partial charge in [0, 0.05) is 6.54 Å². The average molecular weight is 345 g/mol. The molecule has 0 saturated carbocycles. The van der Waals surface area contributed by atoms with Crippen LogP contribution < -0.4 is 10.2 Å². The van der Waals surface area contributed by atoms with Crippen LogP contribution in [0, 0.1) is 0 Å². The van der Waals surface area contributed by atoms with Gasteiger partial charge in [-0.15, -0.1) is 0 Å². The Morgan fingerprint density at radius 2 is 2.04 bits per heavy atom. The number of rotatable bonds is 4. The first-order valence-electron chi connectivity index (χ1n) is 8.08. The lowest BCUT2D eigenvalue weighted by atomic mass is 10.1. The van der Waals surface area contributed by atoms with E-state index in [0.717, 1.165) is 6.42 Å². The largest absolute Gasteiger partial charge is 0.468 e. The minimum Gasteiger partial charge on any atom is -0.468 e. The molecule has 0 aliphatic carbocycles. The summed E-state index contributed by atoms with van der Waals surface area (Å²) in [6, 6.07) is 6.21. The molecule has 25 heavy (non-hydrogen) atoms. The van der Waals surface area contributed by atoms with Gasteiger partial charge in [0.05, 0.1) is 18.4 Å². The molecule has 132 valence electrons. The molecule has 0 bridgehead atoms. The summed E-state index contributed by atoms with van der Waals surface area (Å²) in [5.41, 5.74) is 0.820. The number of hydrogen-bond acceptors (Lipinski definition) is 5. The second kappa shape index (κ2) is 6.92. The van der Waals surface area contributed by atoms with Gasteiger partial charge in [-0.3, -0.25) is 19.2 Å². The number of fused-ring (bicyclic) bond motifs is 2. The van der Waals surface area contributed by atoms with Crippen molar-refractivity contribution in [3.63, 3.8) is 0 Å². The van der Waals surface area contributed by atoms with Gasteiger partial charge in [-0.2, -0.15) is 0 Å². The molecule has 1 atom stereocenters. The van der Waals surface area contributed by atoms with E-state index in [0.29, 0.717) is 24.2 Å². The van der Waals surface area contributed by atoms with Crippen LogP contribution in [0.3, 0.4) is 0 Å². The summed E-state index contributed by atoms with van der Waals surface area (Å²) in [6.07, 6.45) is 1.34. The van der Waals surface area contributed by atoms with Gasteiger partial charge in [0.25, 0.3) is 5.91 Å². The van der Waals surface area contributed by atoms with Gasteiger partial charge >= 0.3 is 5.97 Å². The molecule has 8 nitrogen and oxygen atoms in total. The summed E-state index contributed by atoms with van der Waals surface area (Å²) in [6.45, 7) is 0.00388. The molecule has 1 aromatic carbocycles. The summed E-state index contributed by atoms with van der Waals surface area (Å²) >= 11 is 0. The number of nitrogens with one attached hydrogen (secondary N) is 1. The lowest BCUT2D eigenvalue weighted by Gasteiger charge is -2.25. The molecule has 8 heteroatoms.